The van der Waals surface area contributed by atoms with E-state index in [-0.39, 0.29) is 10.6 Å². The van der Waals surface area contributed by atoms with Crippen molar-refractivity contribution < 1.29 is 4.39 Å². The first-order valence-electron chi connectivity index (χ1n) is 5.35. The molecule has 2 rings (SSSR count). The van der Waals surface area contributed by atoms with E-state index in [1.807, 2.05) is 18.2 Å². The maximum Gasteiger partial charge on any atom is 0.137 e. The second kappa shape index (κ2) is 6.22. The van der Waals surface area contributed by atoms with Crippen molar-refractivity contribution in [2.24, 2.45) is 0 Å². The van der Waals surface area contributed by atoms with E-state index >= 15 is 0 Å². The van der Waals surface area contributed by atoms with Crippen LogP contribution in [0.25, 0.3) is 0 Å². The van der Waals surface area contributed by atoms with Crippen molar-refractivity contribution in [3.8, 4) is 0 Å². The molecule has 1 atom stereocenters. The molecular formula is C14H11Br2FS. The zero-order valence-corrected chi connectivity index (χ0v) is 13.6. The fraction of sp³-hybridized carbons (Fsp3) is 0.143. The fourth-order valence-electron chi connectivity index (χ4n) is 1.73. The molecule has 0 aliphatic rings. The minimum atomic E-state index is -0.239. The fourth-order valence-corrected chi connectivity index (χ4v) is 3.59. The van der Waals surface area contributed by atoms with Crippen molar-refractivity contribution in [3.05, 3.63) is 63.9 Å². The molecule has 0 radical (unpaired) electrons. The maximum absolute atomic E-state index is 13.2. The number of halogens is 3. The van der Waals surface area contributed by atoms with E-state index in [0.29, 0.717) is 4.47 Å². The minimum absolute atomic E-state index is 0.0676. The molecule has 0 bridgehead atoms. The van der Waals surface area contributed by atoms with Crippen molar-refractivity contribution in [3.63, 3.8) is 0 Å². The van der Waals surface area contributed by atoms with Crippen LogP contribution in [0.15, 0.2) is 51.8 Å². The van der Waals surface area contributed by atoms with Crippen molar-refractivity contribution in [2.75, 3.05) is 6.26 Å². The van der Waals surface area contributed by atoms with Gasteiger partial charge in [0.2, 0.25) is 0 Å². The standard InChI is InChI=1S/C14H11Br2FS/c1-18-13-5-3-2-4-10(13)14(16)9-6-7-12(17)11(15)8-9/h2-8,14H,1H3. The van der Waals surface area contributed by atoms with Gasteiger partial charge in [0.25, 0.3) is 0 Å². The van der Waals surface area contributed by atoms with Gasteiger partial charge in [-0.1, -0.05) is 40.2 Å². The monoisotopic (exact) mass is 388 g/mol. The Kier molecular flexibility index (Phi) is 4.87. The molecule has 0 fully saturated rings. The SMILES string of the molecule is CSc1ccccc1C(Br)c1ccc(F)c(Br)c1. The van der Waals surface area contributed by atoms with Gasteiger partial charge in [0.1, 0.15) is 5.82 Å². The highest BCUT2D eigenvalue weighted by molar-refractivity contribution is 9.10. The average Bonchev–Trinajstić information content (AvgIpc) is 2.41. The molecule has 0 N–H and O–H groups in total. The molecular weight excluding hydrogens is 379 g/mol. The number of alkyl halides is 1. The van der Waals surface area contributed by atoms with Crippen LogP contribution < -0.4 is 0 Å². The van der Waals surface area contributed by atoms with E-state index in [4.69, 9.17) is 0 Å². The highest BCUT2D eigenvalue weighted by Crippen LogP contribution is 2.37. The molecule has 0 aliphatic heterocycles. The summed E-state index contributed by atoms with van der Waals surface area (Å²) in [6.45, 7) is 0. The lowest BCUT2D eigenvalue weighted by atomic mass is 10.0. The van der Waals surface area contributed by atoms with Crippen LogP contribution in [-0.2, 0) is 0 Å². The maximum atomic E-state index is 13.2. The Morgan fingerprint density at radius 3 is 2.56 bits per heavy atom. The Bertz CT molecular complexity index is 557. The summed E-state index contributed by atoms with van der Waals surface area (Å²) in [6.07, 6.45) is 2.05. The number of benzene rings is 2. The molecule has 2 aromatic carbocycles. The summed E-state index contributed by atoms with van der Waals surface area (Å²) in [5, 5.41) is 0. The van der Waals surface area contributed by atoms with Gasteiger partial charge in [-0.3, -0.25) is 0 Å². The van der Waals surface area contributed by atoms with Gasteiger partial charge in [-0.2, -0.15) is 0 Å². The van der Waals surface area contributed by atoms with Crippen molar-refractivity contribution in [2.45, 2.75) is 9.72 Å². The predicted octanol–water partition coefficient (Wildman–Crippen LogP) is 5.79. The van der Waals surface area contributed by atoms with Gasteiger partial charge in [0.05, 0.1) is 9.30 Å². The highest BCUT2D eigenvalue weighted by Gasteiger charge is 2.14. The van der Waals surface area contributed by atoms with Gasteiger partial charge >= 0.3 is 0 Å². The van der Waals surface area contributed by atoms with Crippen LogP contribution in [-0.4, -0.2) is 6.26 Å². The predicted molar refractivity (Wildman–Crippen MR) is 83.1 cm³/mol. The molecule has 94 valence electrons. The summed E-state index contributed by atoms with van der Waals surface area (Å²) < 4.78 is 13.7. The smallest absolute Gasteiger partial charge is 0.137 e. The topological polar surface area (TPSA) is 0 Å². The highest BCUT2D eigenvalue weighted by atomic mass is 79.9. The largest absolute Gasteiger partial charge is 0.206 e. The van der Waals surface area contributed by atoms with Crippen LogP contribution in [0.1, 0.15) is 16.0 Å². The Labute approximate surface area is 127 Å². The molecule has 0 aliphatic carbocycles. The summed E-state index contributed by atoms with van der Waals surface area (Å²) in [6, 6.07) is 13.3. The summed E-state index contributed by atoms with van der Waals surface area (Å²) in [5.74, 6) is -0.239. The lowest BCUT2D eigenvalue weighted by Gasteiger charge is -2.14. The first-order valence-corrected chi connectivity index (χ1v) is 8.28. The lowest BCUT2D eigenvalue weighted by molar-refractivity contribution is 0.620. The Balaban J connectivity index is 2.41. The Morgan fingerprint density at radius 1 is 1.17 bits per heavy atom. The second-order valence-corrected chi connectivity index (χ2v) is 6.40. The van der Waals surface area contributed by atoms with Gasteiger partial charge in [0.15, 0.2) is 0 Å². The molecule has 0 amide bonds. The van der Waals surface area contributed by atoms with Crippen LogP contribution in [0.5, 0.6) is 0 Å². The number of rotatable bonds is 3. The molecule has 0 nitrogen and oxygen atoms in total. The third-order valence-electron chi connectivity index (χ3n) is 2.65. The van der Waals surface area contributed by atoms with Crippen molar-refractivity contribution in [1.82, 2.24) is 0 Å². The normalized spacial score (nSPS) is 12.4. The van der Waals surface area contributed by atoms with E-state index in [1.165, 1.54) is 16.5 Å². The van der Waals surface area contributed by atoms with Crippen LogP contribution in [0.4, 0.5) is 4.39 Å². The van der Waals surface area contributed by atoms with Gasteiger partial charge in [-0.15, -0.1) is 11.8 Å². The minimum Gasteiger partial charge on any atom is -0.206 e. The molecule has 0 heterocycles. The second-order valence-electron chi connectivity index (χ2n) is 3.78. The molecule has 0 saturated carbocycles. The van der Waals surface area contributed by atoms with E-state index < -0.39 is 0 Å². The number of hydrogen-bond donors (Lipinski definition) is 0. The van der Waals surface area contributed by atoms with Crippen molar-refractivity contribution >= 4 is 43.6 Å². The molecule has 1 unspecified atom stereocenters. The third-order valence-corrected chi connectivity index (χ3v) is 5.09. The molecule has 0 spiro atoms. The number of hydrogen-bond acceptors (Lipinski definition) is 1. The molecule has 0 aromatic heterocycles. The van der Waals surface area contributed by atoms with Crippen LogP contribution in [0.3, 0.4) is 0 Å². The van der Waals surface area contributed by atoms with Crippen LogP contribution >= 0.6 is 43.6 Å². The van der Waals surface area contributed by atoms with Gasteiger partial charge in [-0.25, -0.2) is 4.39 Å². The van der Waals surface area contributed by atoms with E-state index in [1.54, 1.807) is 17.8 Å². The first-order chi connectivity index (χ1) is 8.63. The van der Waals surface area contributed by atoms with Gasteiger partial charge in [0, 0.05) is 4.90 Å². The summed E-state index contributed by atoms with van der Waals surface area (Å²) in [7, 11) is 0. The van der Waals surface area contributed by atoms with Crippen molar-refractivity contribution in [1.29, 1.82) is 0 Å². The zero-order chi connectivity index (χ0) is 13.1. The number of thioether (sulfide) groups is 1. The van der Waals surface area contributed by atoms with E-state index in [9.17, 15) is 4.39 Å². The lowest BCUT2D eigenvalue weighted by Crippen LogP contribution is -1.95. The first kappa shape index (κ1) is 14.1. The Morgan fingerprint density at radius 2 is 1.89 bits per heavy atom. The van der Waals surface area contributed by atoms with E-state index in [2.05, 4.69) is 50.2 Å². The summed E-state index contributed by atoms with van der Waals surface area (Å²) in [4.78, 5) is 1.29. The average molecular weight is 390 g/mol. The van der Waals surface area contributed by atoms with Gasteiger partial charge in [-0.05, 0) is 51.5 Å². The summed E-state index contributed by atoms with van der Waals surface area (Å²) >= 11 is 8.62. The van der Waals surface area contributed by atoms with E-state index in [0.717, 1.165) is 5.56 Å². The van der Waals surface area contributed by atoms with Crippen LogP contribution in [0.2, 0.25) is 0 Å². The molecule has 4 heteroatoms. The quantitative estimate of drug-likeness (QED) is 0.472. The summed E-state index contributed by atoms with van der Waals surface area (Å²) in [5.41, 5.74) is 2.23. The van der Waals surface area contributed by atoms with Crippen LogP contribution in [0, 0.1) is 5.82 Å². The Hall–Kier alpha value is -0.320. The molecule has 0 saturated heterocycles. The molecule has 18 heavy (non-hydrogen) atoms. The molecule has 2 aromatic rings. The third kappa shape index (κ3) is 2.98. The zero-order valence-electron chi connectivity index (χ0n) is 9.66. The van der Waals surface area contributed by atoms with Gasteiger partial charge < -0.3 is 0 Å².